The predicted molar refractivity (Wildman–Crippen MR) is 166 cm³/mol. The number of hydrogen-bond donors (Lipinski definition) is 0. The van der Waals surface area contributed by atoms with Gasteiger partial charge in [0.15, 0.2) is 24.6 Å². The smallest absolute Gasteiger partial charge is 0.194 e. The molecule has 40 heavy (non-hydrogen) atoms. The number of aromatic nitrogens is 2. The third kappa shape index (κ3) is 3.67. The van der Waals surface area contributed by atoms with Crippen LogP contribution < -0.4 is 9.13 Å². The third-order valence-electron chi connectivity index (χ3n) is 9.72. The second kappa shape index (κ2) is 9.24. The molecule has 0 bridgehead atoms. The van der Waals surface area contributed by atoms with Crippen molar-refractivity contribution in [2.75, 3.05) is 0 Å². The van der Waals surface area contributed by atoms with E-state index in [1.807, 2.05) is 0 Å². The van der Waals surface area contributed by atoms with E-state index in [4.69, 9.17) is 0 Å². The summed E-state index contributed by atoms with van der Waals surface area (Å²) in [6, 6.07) is 21.5. The third-order valence-corrected chi connectivity index (χ3v) is 11.0. The van der Waals surface area contributed by atoms with E-state index in [1.165, 1.54) is 86.1 Å². The number of rotatable bonds is 0. The van der Waals surface area contributed by atoms with Crippen LogP contribution in [0.1, 0.15) is 69.5 Å². The van der Waals surface area contributed by atoms with Crippen LogP contribution in [0.2, 0.25) is 0 Å². The molecule has 2 aliphatic heterocycles. The molecule has 0 spiro atoms. The minimum absolute atomic E-state index is 0.360. The van der Waals surface area contributed by atoms with E-state index in [9.17, 15) is 0 Å². The maximum Gasteiger partial charge on any atom is 0.219 e. The van der Waals surface area contributed by atoms with Crippen LogP contribution in [-0.2, 0) is 19.3 Å². The van der Waals surface area contributed by atoms with Gasteiger partial charge in [0.2, 0.25) is 11.4 Å². The fourth-order valence-corrected chi connectivity index (χ4v) is 9.04. The number of thiophene rings is 1. The summed E-state index contributed by atoms with van der Waals surface area (Å²) in [5.74, 6) is 0.417. The zero-order valence-corrected chi connectivity index (χ0v) is 24.5. The molecule has 2 aromatic carbocycles. The lowest BCUT2D eigenvalue weighted by Crippen LogP contribution is -2.49. The normalized spacial score (nSPS) is 20.0. The fraction of sp³-hybridized carbons (Fsp3) is 0.297. The molecular weight excluding hydrogens is 504 g/mol. The van der Waals surface area contributed by atoms with E-state index in [2.05, 4.69) is 121 Å². The molecule has 0 N–H and O–H groups in total. The molecule has 1 aliphatic carbocycles. The Morgan fingerprint density at radius 3 is 2.65 bits per heavy atom. The summed E-state index contributed by atoms with van der Waals surface area (Å²) in [7, 11) is 0. The van der Waals surface area contributed by atoms with E-state index < -0.39 is 0 Å². The van der Waals surface area contributed by atoms with Crippen LogP contribution in [0.5, 0.6) is 0 Å². The van der Waals surface area contributed by atoms with Crippen LogP contribution in [0.3, 0.4) is 0 Å². The van der Waals surface area contributed by atoms with Gasteiger partial charge in [-0.1, -0.05) is 30.3 Å². The van der Waals surface area contributed by atoms with Crippen molar-refractivity contribution in [1.29, 1.82) is 0 Å². The quantitative estimate of drug-likeness (QED) is 0.174. The molecule has 0 radical (unpaired) electrons. The lowest BCUT2D eigenvalue weighted by atomic mass is 9.77. The maximum atomic E-state index is 2.61. The van der Waals surface area contributed by atoms with Crippen molar-refractivity contribution in [3.05, 3.63) is 111 Å². The van der Waals surface area contributed by atoms with Crippen LogP contribution in [0.15, 0.2) is 73.1 Å². The molecule has 3 aromatic heterocycles. The first-order valence-electron chi connectivity index (χ1n) is 14.9. The first-order chi connectivity index (χ1) is 19.6. The van der Waals surface area contributed by atoms with Gasteiger partial charge in [-0.2, -0.15) is 9.13 Å². The number of pyridine rings is 2. The minimum Gasteiger partial charge on any atom is -0.194 e. The Labute approximate surface area is 241 Å². The standard InChI is InChI=1S/C37H36N2S/c1-23-14-17-32-28-10-5-4-9-27(28)29-12-8-18-38-22-25(3)24(2)19-34(38)36-26(20-33(29)39(32)21-23)15-16-31-30-11-6-7-13-35(30)40-37(31)36/h4-5,8-10,14-19,21-22,29,33H,6-7,11-13,20H2,1-3H3/q+2/b18-8+. The molecule has 2 unspecified atom stereocenters. The first kappa shape index (κ1) is 24.3. The summed E-state index contributed by atoms with van der Waals surface area (Å²) in [6.07, 6.45) is 16.7. The van der Waals surface area contributed by atoms with Crippen molar-refractivity contribution in [2.45, 2.75) is 71.3 Å². The van der Waals surface area contributed by atoms with Gasteiger partial charge in [0, 0.05) is 44.8 Å². The lowest BCUT2D eigenvalue weighted by molar-refractivity contribution is -0.718. The topological polar surface area (TPSA) is 7.76 Å². The van der Waals surface area contributed by atoms with E-state index >= 15 is 0 Å². The van der Waals surface area contributed by atoms with E-state index in [0.717, 1.165) is 12.8 Å². The van der Waals surface area contributed by atoms with Crippen LogP contribution in [0.4, 0.5) is 0 Å². The molecule has 8 rings (SSSR count). The summed E-state index contributed by atoms with van der Waals surface area (Å²) in [5.41, 5.74) is 14.1. The Bertz CT molecular complexity index is 1860. The Kier molecular flexibility index (Phi) is 5.60. The van der Waals surface area contributed by atoms with Gasteiger partial charge < -0.3 is 0 Å². The second-order valence-electron chi connectivity index (χ2n) is 12.2. The van der Waals surface area contributed by atoms with Crippen LogP contribution in [-0.4, -0.2) is 0 Å². The van der Waals surface area contributed by atoms with Gasteiger partial charge in [0.25, 0.3) is 0 Å². The number of aryl methyl sites for hydroxylation is 5. The van der Waals surface area contributed by atoms with Crippen molar-refractivity contribution in [3.8, 4) is 22.5 Å². The number of benzene rings is 2. The summed E-state index contributed by atoms with van der Waals surface area (Å²) in [5, 5.41) is 1.50. The molecule has 3 aliphatic rings. The molecular formula is C37H36N2S+2. The molecule has 2 atom stereocenters. The molecule has 0 saturated carbocycles. The molecule has 0 amide bonds. The molecule has 0 fully saturated rings. The van der Waals surface area contributed by atoms with E-state index in [-0.39, 0.29) is 0 Å². The number of nitrogens with zero attached hydrogens (tertiary/aromatic N) is 2. The van der Waals surface area contributed by atoms with Crippen molar-refractivity contribution in [3.63, 3.8) is 0 Å². The number of allylic oxidation sites excluding steroid dienone is 1. The van der Waals surface area contributed by atoms with E-state index in [0.29, 0.717) is 12.0 Å². The molecule has 198 valence electrons. The summed E-state index contributed by atoms with van der Waals surface area (Å²) in [6.45, 7) is 6.74. The van der Waals surface area contributed by atoms with Gasteiger partial charge >= 0.3 is 0 Å². The Morgan fingerprint density at radius 1 is 0.850 bits per heavy atom. The summed E-state index contributed by atoms with van der Waals surface area (Å²) >= 11 is 2.08. The van der Waals surface area contributed by atoms with Crippen molar-refractivity contribution >= 4 is 27.6 Å². The van der Waals surface area contributed by atoms with Crippen LogP contribution in [0.25, 0.3) is 38.8 Å². The zero-order valence-electron chi connectivity index (χ0n) is 23.7. The van der Waals surface area contributed by atoms with Gasteiger partial charge in [-0.15, -0.1) is 11.3 Å². The molecule has 2 nitrogen and oxygen atoms in total. The average Bonchev–Trinajstić information content (AvgIpc) is 3.34. The Morgan fingerprint density at radius 2 is 1.73 bits per heavy atom. The predicted octanol–water partition coefficient (Wildman–Crippen LogP) is 8.37. The Balaban J connectivity index is 1.43. The molecule has 5 heterocycles. The molecule has 0 saturated heterocycles. The van der Waals surface area contributed by atoms with Gasteiger partial charge in [-0.05, 0) is 98.7 Å². The lowest BCUT2D eigenvalue weighted by Gasteiger charge is -2.31. The van der Waals surface area contributed by atoms with Gasteiger partial charge in [0.05, 0.1) is 11.5 Å². The van der Waals surface area contributed by atoms with Crippen molar-refractivity contribution in [1.82, 2.24) is 0 Å². The first-order valence-corrected chi connectivity index (χ1v) is 15.7. The maximum absolute atomic E-state index is 2.61. The van der Waals surface area contributed by atoms with Crippen molar-refractivity contribution in [2.24, 2.45) is 0 Å². The summed E-state index contributed by atoms with van der Waals surface area (Å²) in [4.78, 5) is 1.62. The highest BCUT2D eigenvalue weighted by atomic mass is 32.1. The van der Waals surface area contributed by atoms with Gasteiger partial charge in [-0.3, -0.25) is 0 Å². The van der Waals surface area contributed by atoms with Crippen LogP contribution >= 0.6 is 11.3 Å². The van der Waals surface area contributed by atoms with Gasteiger partial charge in [-0.25, -0.2) is 0 Å². The van der Waals surface area contributed by atoms with Crippen LogP contribution in [0, 0.1) is 20.8 Å². The monoisotopic (exact) mass is 540 g/mol. The fourth-order valence-electron chi connectivity index (χ4n) is 7.57. The largest absolute Gasteiger partial charge is 0.219 e. The second-order valence-corrected chi connectivity index (χ2v) is 13.3. The highest BCUT2D eigenvalue weighted by Crippen LogP contribution is 2.46. The highest BCUT2D eigenvalue weighted by molar-refractivity contribution is 7.19. The Hall–Kier alpha value is -3.56. The molecule has 3 heteroatoms. The molecule has 5 aromatic rings. The van der Waals surface area contributed by atoms with Gasteiger partial charge in [0.1, 0.15) is 0 Å². The number of hydrogen-bond acceptors (Lipinski definition) is 1. The zero-order chi connectivity index (χ0) is 27.0. The number of fused-ring (bicyclic) bond motifs is 13. The average molecular weight is 541 g/mol. The minimum atomic E-state index is 0.360. The highest BCUT2D eigenvalue weighted by Gasteiger charge is 2.41. The summed E-state index contributed by atoms with van der Waals surface area (Å²) < 4.78 is 6.52. The van der Waals surface area contributed by atoms with Crippen molar-refractivity contribution < 1.29 is 9.13 Å². The van der Waals surface area contributed by atoms with E-state index in [1.54, 1.807) is 10.4 Å². The SMILES string of the molecule is Cc1ccc2[n+](c1)C1Cc3ccc4c5c(sc4c3-c3cc(C)c(C)c[n+]3/C=C/CC1c1ccccc1-2)CCCC5.